The van der Waals surface area contributed by atoms with E-state index in [1.807, 2.05) is 0 Å². The maximum atomic E-state index is 9.83. The minimum absolute atomic E-state index is 0.0688. The summed E-state index contributed by atoms with van der Waals surface area (Å²) in [5, 5.41) is 9.83. The summed E-state index contributed by atoms with van der Waals surface area (Å²) in [6.07, 6.45) is 16.0. The molecule has 4 unspecified atom stereocenters. The smallest absolute Gasteiger partial charge is 0.0692 e. The van der Waals surface area contributed by atoms with Gasteiger partial charge in [-0.05, 0) is 49.9 Å². The van der Waals surface area contributed by atoms with Gasteiger partial charge in [-0.25, -0.2) is 0 Å². The fourth-order valence-corrected chi connectivity index (χ4v) is 4.82. The fourth-order valence-electron chi connectivity index (χ4n) is 4.82. The van der Waals surface area contributed by atoms with Crippen LogP contribution in [0.3, 0.4) is 0 Å². The molecule has 0 radical (unpaired) electrons. The molecule has 2 rings (SSSR count). The Morgan fingerprint density at radius 1 is 1.00 bits per heavy atom. The number of nitrogens with zero attached hydrogens (tertiary/aromatic N) is 1. The van der Waals surface area contributed by atoms with E-state index in [0.29, 0.717) is 0 Å². The molecule has 20 heavy (non-hydrogen) atoms. The molecule has 2 aliphatic rings. The van der Waals surface area contributed by atoms with Crippen molar-refractivity contribution >= 4 is 0 Å². The van der Waals surface area contributed by atoms with Crippen LogP contribution in [-0.4, -0.2) is 0 Å². The van der Waals surface area contributed by atoms with Crippen LogP contribution in [0.4, 0.5) is 0 Å². The van der Waals surface area contributed by atoms with Crippen LogP contribution in [0.15, 0.2) is 0 Å². The summed E-state index contributed by atoms with van der Waals surface area (Å²) in [7, 11) is 0. The average molecular weight is 275 g/mol. The minimum Gasteiger partial charge on any atom is -0.198 e. The third-order valence-corrected chi connectivity index (χ3v) is 6.13. The van der Waals surface area contributed by atoms with Crippen molar-refractivity contribution in [1.82, 2.24) is 0 Å². The van der Waals surface area contributed by atoms with Gasteiger partial charge in [0.2, 0.25) is 0 Å². The molecule has 4 atom stereocenters. The molecule has 0 saturated heterocycles. The van der Waals surface area contributed by atoms with Crippen molar-refractivity contribution in [3.05, 3.63) is 0 Å². The number of rotatable bonds is 6. The van der Waals surface area contributed by atoms with Gasteiger partial charge < -0.3 is 0 Å². The van der Waals surface area contributed by atoms with E-state index in [0.717, 1.165) is 17.8 Å². The number of fused-ring (bicyclic) bond motifs is 1. The molecule has 2 fully saturated rings. The summed E-state index contributed by atoms with van der Waals surface area (Å²) in [6.45, 7) is 4.58. The second-order valence-electron chi connectivity index (χ2n) is 7.54. The van der Waals surface area contributed by atoms with Crippen LogP contribution < -0.4 is 0 Å². The Morgan fingerprint density at radius 2 is 1.70 bits per heavy atom. The summed E-state index contributed by atoms with van der Waals surface area (Å²) in [5.74, 6) is 2.49. The molecule has 2 aliphatic carbocycles. The van der Waals surface area contributed by atoms with Crippen molar-refractivity contribution in [2.75, 3.05) is 0 Å². The lowest BCUT2D eigenvalue weighted by atomic mass is 9.55. The Kier molecular flexibility index (Phi) is 5.94. The van der Waals surface area contributed by atoms with Crippen molar-refractivity contribution in [2.24, 2.45) is 23.2 Å². The van der Waals surface area contributed by atoms with E-state index in [4.69, 9.17) is 0 Å². The van der Waals surface area contributed by atoms with Gasteiger partial charge in [0.05, 0.1) is 11.5 Å². The van der Waals surface area contributed by atoms with Crippen LogP contribution in [-0.2, 0) is 0 Å². The molecule has 0 bridgehead atoms. The second-order valence-corrected chi connectivity index (χ2v) is 7.54. The molecule has 1 heteroatoms. The lowest BCUT2D eigenvalue weighted by Gasteiger charge is -2.48. The molecule has 0 aromatic rings. The quantitative estimate of drug-likeness (QED) is 0.575. The Balaban J connectivity index is 1.93. The lowest BCUT2D eigenvalue weighted by Crippen LogP contribution is -2.40. The van der Waals surface area contributed by atoms with Gasteiger partial charge in [0.1, 0.15) is 0 Å². The fraction of sp³-hybridized carbons (Fsp3) is 0.947. The van der Waals surface area contributed by atoms with Gasteiger partial charge in [-0.15, -0.1) is 0 Å². The summed E-state index contributed by atoms with van der Waals surface area (Å²) in [5.41, 5.74) is 0.0688. The Morgan fingerprint density at radius 3 is 2.35 bits per heavy atom. The third kappa shape index (κ3) is 3.57. The zero-order valence-corrected chi connectivity index (χ0v) is 13.7. The molecule has 0 aromatic heterocycles. The van der Waals surface area contributed by atoms with E-state index in [1.54, 1.807) is 0 Å². The first-order valence-corrected chi connectivity index (χ1v) is 9.15. The maximum Gasteiger partial charge on any atom is 0.0692 e. The van der Waals surface area contributed by atoms with E-state index in [2.05, 4.69) is 19.9 Å². The zero-order chi connectivity index (χ0) is 14.4. The number of hydrogen-bond donors (Lipinski definition) is 0. The van der Waals surface area contributed by atoms with Gasteiger partial charge in [0, 0.05) is 0 Å². The van der Waals surface area contributed by atoms with Crippen LogP contribution in [0.25, 0.3) is 0 Å². The van der Waals surface area contributed by atoms with E-state index < -0.39 is 0 Å². The molecular weight excluding hydrogens is 242 g/mol. The van der Waals surface area contributed by atoms with Crippen molar-refractivity contribution in [1.29, 1.82) is 5.26 Å². The van der Waals surface area contributed by atoms with Crippen LogP contribution >= 0.6 is 0 Å². The molecule has 0 amide bonds. The van der Waals surface area contributed by atoms with Gasteiger partial charge in [-0.1, -0.05) is 58.8 Å². The van der Waals surface area contributed by atoms with E-state index >= 15 is 0 Å². The van der Waals surface area contributed by atoms with Crippen molar-refractivity contribution in [3.8, 4) is 6.07 Å². The van der Waals surface area contributed by atoms with Crippen molar-refractivity contribution in [3.63, 3.8) is 0 Å². The largest absolute Gasteiger partial charge is 0.198 e. The summed E-state index contributed by atoms with van der Waals surface area (Å²) in [6, 6.07) is 2.80. The van der Waals surface area contributed by atoms with Gasteiger partial charge in [-0.3, -0.25) is 0 Å². The molecule has 0 aromatic carbocycles. The first-order chi connectivity index (χ1) is 9.74. The van der Waals surface area contributed by atoms with E-state index in [1.165, 1.54) is 77.0 Å². The molecule has 0 aliphatic heterocycles. The zero-order valence-electron chi connectivity index (χ0n) is 13.7. The highest BCUT2D eigenvalue weighted by molar-refractivity contribution is 5.08. The minimum atomic E-state index is 0.0688. The molecule has 114 valence electrons. The highest BCUT2D eigenvalue weighted by Gasteiger charge is 2.47. The standard InChI is InChI=1S/C19H33N/c1-3-5-7-16-11-12-19(15-20)14-17(8-6-4-2)9-10-18(19)13-16/h16-18H,3-14H2,1-2H3. The highest BCUT2D eigenvalue weighted by Crippen LogP contribution is 2.54. The molecular formula is C19H33N. The normalized spacial score (nSPS) is 37.1. The molecule has 2 saturated carbocycles. The predicted octanol–water partition coefficient (Wildman–Crippen LogP) is 6.09. The van der Waals surface area contributed by atoms with Gasteiger partial charge in [0.25, 0.3) is 0 Å². The first kappa shape index (κ1) is 15.9. The number of nitriles is 1. The highest BCUT2D eigenvalue weighted by atomic mass is 14.5. The molecule has 0 heterocycles. The third-order valence-electron chi connectivity index (χ3n) is 6.13. The van der Waals surface area contributed by atoms with Crippen LogP contribution in [0.1, 0.15) is 90.9 Å². The first-order valence-electron chi connectivity index (χ1n) is 9.15. The monoisotopic (exact) mass is 275 g/mol. The Labute approximate surface area is 126 Å². The topological polar surface area (TPSA) is 23.8 Å². The van der Waals surface area contributed by atoms with Gasteiger partial charge in [0.15, 0.2) is 0 Å². The van der Waals surface area contributed by atoms with Gasteiger partial charge >= 0.3 is 0 Å². The van der Waals surface area contributed by atoms with Crippen LogP contribution in [0.5, 0.6) is 0 Å². The maximum absolute atomic E-state index is 9.83. The lowest BCUT2D eigenvalue weighted by molar-refractivity contribution is 0.0368. The van der Waals surface area contributed by atoms with Crippen LogP contribution in [0.2, 0.25) is 0 Å². The van der Waals surface area contributed by atoms with Crippen molar-refractivity contribution < 1.29 is 0 Å². The van der Waals surface area contributed by atoms with E-state index in [-0.39, 0.29) is 5.41 Å². The Bertz CT molecular complexity index is 329. The van der Waals surface area contributed by atoms with Crippen molar-refractivity contribution in [2.45, 2.75) is 90.9 Å². The summed E-state index contributed by atoms with van der Waals surface area (Å²) in [4.78, 5) is 0. The number of hydrogen-bond acceptors (Lipinski definition) is 1. The van der Waals surface area contributed by atoms with E-state index in [9.17, 15) is 5.26 Å². The molecule has 1 nitrogen and oxygen atoms in total. The summed E-state index contributed by atoms with van der Waals surface area (Å²) < 4.78 is 0. The predicted molar refractivity (Wildman–Crippen MR) is 85.3 cm³/mol. The molecule has 0 spiro atoms. The Hall–Kier alpha value is -0.510. The van der Waals surface area contributed by atoms with Gasteiger partial charge in [-0.2, -0.15) is 5.26 Å². The average Bonchev–Trinajstić information content (AvgIpc) is 2.50. The SMILES string of the molecule is CCCCC1CCC2(C#N)CC(CCCC)CCC2C1. The second kappa shape index (κ2) is 7.48. The number of unbranched alkanes of at least 4 members (excludes halogenated alkanes) is 2. The van der Waals surface area contributed by atoms with Crippen LogP contribution in [0, 0.1) is 34.5 Å². The summed E-state index contributed by atoms with van der Waals surface area (Å²) >= 11 is 0. The molecule has 0 N–H and O–H groups in total.